The van der Waals surface area contributed by atoms with E-state index in [0.717, 1.165) is 68.7 Å². The second-order valence-electron chi connectivity index (χ2n) is 8.95. The molecule has 4 rings (SSSR count). The predicted octanol–water partition coefficient (Wildman–Crippen LogP) is 1.99. The van der Waals surface area contributed by atoms with Gasteiger partial charge < -0.3 is 5.32 Å². The van der Waals surface area contributed by atoms with E-state index in [4.69, 9.17) is 0 Å². The van der Waals surface area contributed by atoms with Crippen molar-refractivity contribution >= 4 is 23.4 Å². The molecule has 2 heterocycles. The third-order valence-electron chi connectivity index (χ3n) is 6.85. The van der Waals surface area contributed by atoms with Crippen LogP contribution < -0.4 is 5.32 Å². The molecule has 0 aromatic heterocycles. The fourth-order valence-corrected chi connectivity index (χ4v) is 5.05. The lowest BCUT2D eigenvalue weighted by molar-refractivity contribution is -0.142. The molecule has 0 spiro atoms. The quantitative estimate of drug-likeness (QED) is 0.749. The average Bonchev–Trinajstić information content (AvgIpc) is 2.97. The Morgan fingerprint density at radius 3 is 2.03 bits per heavy atom. The normalized spacial score (nSPS) is 25.5. The Bertz CT molecular complexity index is 787. The number of nitrogens with one attached hydrogen (secondary N) is 1. The molecular weight excluding hydrogens is 380 g/mol. The maximum Gasteiger partial charge on any atom is 0.238 e. The van der Waals surface area contributed by atoms with E-state index in [1.165, 1.54) is 4.90 Å². The lowest BCUT2D eigenvalue weighted by Gasteiger charge is -2.35. The summed E-state index contributed by atoms with van der Waals surface area (Å²) in [6.07, 6.45) is 3.82. The molecular formula is C23H32N4O3. The molecule has 162 valence electrons. The first-order chi connectivity index (χ1) is 14.4. The maximum absolute atomic E-state index is 12.7. The van der Waals surface area contributed by atoms with Gasteiger partial charge >= 0.3 is 0 Å². The van der Waals surface area contributed by atoms with Crippen molar-refractivity contribution in [2.45, 2.75) is 39.5 Å². The van der Waals surface area contributed by atoms with Gasteiger partial charge in [-0.2, -0.15) is 0 Å². The summed E-state index contributed by atoms with van der Waals surface area (Å²) in [6.45, 7) is 7.76. The topological polar surface area (TPSA) is 73.0 Å². The highest BCUT2D eigenvalue weighted by atomic mass is 16.2. The molecule has 3 amide bonds. The van der Waals surface area contributed by atoms with Crippen LogP contribution in [0.4, 0.5) is 5.69 Å². The fraction of sp³-hybridized carbons (Fsp3) is 0.609. The Morgan fingerprint density at radius 2 is 1.47 bits per heavy atom. The van der Waals surface area contributed by atoms with Gasteiger partial charge in [0.05, 0.1) is 25.0 Å². The molecule has 0 bridgehead atoms. The summed E-state index contributed by atoms with van der Waals surface area (Å²) in [6, 6.07) is 5.99. The predicted molar refractivity (Wildman–Crippen MR) is 115 cm³/mol. The van der Waals surface area contributed by atoms with Crippen LogP contribution in [0.15, 0.2) is 18.2 Å². The molecule has 0 radical (unpaired) electrons. The second-order valence-corrected chi connectivity index (χ2v) is 8.95. The Labute approximate surface area is 178 Å². The van der Waals surface area contributed by atoms with Crippen molar-refractivity contribution in [2.24, 2.45) is 11.8 Å². The summed E-state index contributed by atoms with van der Waals surface area (Å²) in [5, 5.41) is 3.04. The number of rotatable bonds is 5. The summed E-state index contributed by atoms with van der Waals surface area (Å²) in [5.41, 5.74) is 3.02. The molecule has 1 saturated carbocycles. The fourth-order valence-electron chi connectivity index (χ4n) is 5.05. The molecule has 7 heteroatoms. The number of carbonyl (C=O) groups is 3. The van der Waals surface area contributed by atoms with Crippen molar-refractivity contribution in [1.29, 1.82) is 0 Å². The first-order valence-electron chi connectivity index (χ1n) is 11.1. The van der Waals surface area contributed by atoms with Crippen LogP contribution in [0, 0.1) is 25.7 Å². The zero-order chi connectivity index (χ0) is 21.3. The molecule has 1 aromatic rings. The molecule has 1 aromatic carbocycles. The van der Waals surface area contributed by atoms with Crippen LogP contribution in [0.5, 0.6) is 0 Å². The van der Waals surface area contributed by atoms with E-state index in [-0.39, 0.29) is 29.6 Å². The summed E-state index contributed by atoms with van der Waals surface area (Å²) < 4.78 is 0. The minimum absolute atomic E-state index is 0.00479. The first kappa shape index (κ1) is 21.0. The van der Waals surface area contributed by atoms with Crippen molar-refractivity contribution < 1.29 is 14.4 Å². The van der Waals surface area contributed by atoms with Gasteiger partial charge in [0.15, 0.2) is 0 Å². The van der Waals surface area contributed by atoms with E-state index in [9.17, 15) is 14.4 Å². The lowest BCUT2D eigenvalue weighted by atomic mass is 9.81. The molecule has 30 heavy (non-hydrogen) atoms. The van der Waals surface area contributed by atoms with Gasteiger partial charge in [-0.15, -0.1) is 0 Å². The maximum atomic E-state index is 12.7. The zero-order valence-electron chi connectivity index (χ0n) is 18.0. The molecule has 7 nitrogen and oxygen atoms in total. The van der Waals surface area contributed by atoms with Gasteiger partial charge in [0.1, 0.15) is 0 Å². The number of hydrogen-bond donors (Lipinski definition) is 1. The first-order valence-corrected chi connectivity index (χ1v) is 11.1. The number of aryl methyl sites for hydroxylation is 2. The standard InChI is InChI=1S/C23H32N4O3/c1-16-6-5-7-17(2)21(16)24-20(28)14-25-10-12-26(13-11-25)15-27-22(29)18-8-3-4-9-19(18)23(27)30/h5-7,18-19H,3-4,8-15H2,1-2H3,(H,24,28)/t18-,19-/m0/s1. The molecule has 3 aliphatic rings. The van der Waals surface area contributed by atoms with Gasteiger partial charge in [-0.3, -0.25) is 29.1 Å². The number of fused-ring (bicyclic) bond motifs is 1. The van der Waals surface area contributed by atoms with E-state index in [2.05, 4.69) is 15.1 Å². The number of anilines is 1. The van der Waals surface area contributed by atoms with Gasteiger partial charge in [0.2, 0.25) is 17.7 Å². The molecule has 2 atom stereocenters. The Hall–Kier alpha value is -2.25. The smallest absolute Gasteiger partial charge is 0.238 e. The third kappa shape index (κ3) is 4.27. The van der Waals surface area contributed by atoms with Crippen molar-refractivity contribution in [1.82, 2.24) is 14.7 Å². The monoisotopic (exact) mass is 412 g/mol. The molecule has 2 saturated heterocycles. The lowest BCUT2D eigenvalue weighted by Crippen LogP contribution is -2.52. The number of imide groups is 1. The molecule has 0 unspecified atom stereocenters. The highest BCUT2D eigenvalue weighted by Gasteiger charge is 2.48. The van der Waals surface area contributed by atoms with E-state index < -0.39 is 0 Å². The van der Waals surface area contributed by atoms with Crippen LogP contribution >= 0.6 is 0 Å². The van der Waals surface area contributed by atoms with Crippen LogP contribution in [-0.2, 0) is 14.4 Å². The van der Waals surface area contributed by atoms with Crippen molar-refractivity contribution in [2.75, 3.05) is 44.7 Å². The number of amides is 3. The van der Waals surface area contributed by atoms with Gasteiger partial charge in [-0.25, -0.2) is 0 Å². The number of piperazine rings is 1. The third-order valence-corrected chi connectivity index (χ3v) is 6.85. The summed E-state index contributed by atoms with van der Waals surface area (Å²) in [5.74, 6) is -0.114. The van der Waals surface area contributed by atoms with Gasteiger partial charge in [-0.05, 0) is 37.8 Å². The highest BCUT2D eigenvalue weighted by Crippen LogP contribution is 2.38. The Morgan fingerprint density at radius 1 is 0.933 bits per heavy atom. The van der Waals surface area contributed by atoms with E-state index in [0.29, 0.717) is 13.2 Å². The van der Waals surface area contributed by atoms with E-state index in [1.807, 2.05) is 32.0 Å². The number of para-hydroxylation sites is 1. The number of nitrogens with zero attached hydrogens (tertiary/aromatic N) is 3. The number of likely N-dealkylation sites (tertiary alicyclic amines) is 1. The number of hydrogen-bond acceptors (Lipinski definition) is 5. The van der Waals surface area contributed by atoms with Crippen LogP contribution in [0.1, 0.15) is 36.8 Å². The van der Waals surface area contributed by atoms with E-state index >= 15 is 0 Å². The summed E-state index contributed by atoms with van der Waals surface area (Å²) in [4.78, 5) is 43.6. The highest BCUT2D eigenvalue weighted by molar-refractivity contribution is 6.05. The van der Waals surface area contributed by atoms with Crippen molar-refractivity contribution in [3.05, 3.63) is 29.3 Å². The van der Waals surface area contributed by atoms with Crippen molar-refractivity contribution in [3.63, 3.8) is 0 Å². The number of benzene rings is 1. The van der Waals surface area contributed by atoms with Crippen LogP contribution in [0.2, 0.25) is 0 Å². The number of carbonyl (C=O) groups excluding carboxylic acids is 3. The Kier molecular flexibility index (Phi) is 6.20. The molecule has 1 N–H and O–H groups in total. The van der Waals surface area contributed by atoms with Gasteiger partial charge in [0, 0.05) is 31.9 Å². The minimum Gasteiger partial charge on any atom is -0.324 e. The molecule has 3 fully saturated rings. The van der Waals surface area contributed by atoms with Crippen LogP contribution in [-0.4, -0.2) is 71.8 Å². The Balaban J connectivity index is 1.26. The summed E-state index contributed by atoms with van der Waals surface area (Å²) >= 11 is 0. The van der Waals surface area contributed by atoms with Gasteiger partial charge in [0.25, 0.3) is 0 Å². The van der Waals surface area contributed by atoms with Gasteiger partial charge in [-0.1, -0.05) is 31.0 Å². The molecule has 1 aliphatic carbocycles. The second kappa shape index (κ2) is 8.86. The zero-order valence-corrected chi connectivity index (χ0v) is 18.0. The van der Waals surface area contributed by atoms with Crippen molar-refractivity contribution in [3.8, 4) is 0 Å². The summed E-state index contributed by atoms with van der Waals surface area (Å²) in [7, 11) is 0. The largest absolute Gasteiger partial charge is 0.324 e. The van der Waals surface area contributed by atoms with Crippen LogP contribution in [0.3, 0.4) is 0 Å². The molecule has 2 aliphatic heterocycles. The average molecular weight is 413 g/mol. The minimum atomic E-state index is -0.0823. The van der Waals surface area contributed by atoms with E-state index in [1.54, 1.807) is 0 Å². The SMILES string of the molecule is Cc1cccc(C)c1NC(=O)CN1CCN(CN2C(=O)[C@H]3CCCC[C@@H]3C2=O)CC1. The van der Waals surface area contributed by atoms with Crippen LogP contribution in [0.25, 0.3) is 0 Å².